The molecule has 0 atom stereocenters. The molecule has 3 heteroatoms. The fourth-order valence-corrected chi connectivity index (χ4v) is 1.69. The predicted octanol–water partition coefficient (Wildman–Crippen LogP) is 3.52. The number of benzene rings is 2. The molecule has 0 saturated carbocycles. The Balaban J connectivity index is 2.46. The van der Waals surface area contributed by atoms with Crippen molar-refractivity contribution in [2.45, 2.75) is 6.92 Å². The minimum Gasteiger partial charge on any atom is -0.504 e. The Morgan fingerprint density at radius 1 is 1.06 bits per heavy atom. The van der Waals surface area contributed by atoms with Crippen molar-refractivity contribution in [2.75, 3.05) is 7.11 Å². The summed E-state index contributed by atoms with van der Waals surface area (Å²) in [6.45, 7) is 1.71. The summed E-state index contributed by atoms with van der Waals surface area (Å²) in [4.78, 5) is 0. The monoisotopic (exact) mass is 232 g/mol. The van der Waals surface area contributed by atoms with E-state index >= 15 is 0 Å². The first-order valence-corrected chi connectivity index (χ1v) is 5.25. The van der Waals surface area contributed by atoms with Crippen molar-refractivity contribution >= 4 is 0 Å². The van der Waals surface area contributed by atoms with E-state index in [-0.39, 0.29) is 11.6 Å². The van der Waals surface area contributed by atoms with Crippen LogP contribution >= 0.6 is 0 Å². The molecule has 0 saturated heterocycles. The molecule has 2 aromatic carbocycles. The van der Waals surface area contributed by atoms with Crippen LogP contribution in [0.4, 0.5) is 4.39 Å². The minimum absolute atomic E-state index is 0.0759. The van der Waals surface area contributed by atoms with Crippen LogP contribution in [0.15, 0.2) is 36.4 Å². The Hall–Kier alpha value is -2.03. The van der Waals surface area contributed by atoms with Gasteiger partial charge in [-0.05, 0) is 47.9 Å². The number of rotatable bonds is 2. The molecule has 2 nitrogen and oxygen atoms in total. The van der Waals surface area contributed by atoms with Crippen LogP contribution in [-0.4, -0.2) is 12.2 Å². The van der Waals surface area contributed by atoms with Crippen LogP contribution in [0.1, 0.15) is 5.56 Å². The van der Waals surface area contributed by atoms with Gasteiger partial charge >= 0.3 is 0 Å². The van der Waals surface area contributed by atoms with E-state index in [0.717, 1.165) is 11.1 Å². The zero-order valence-electron chi connectivity index (χ0n) is 9.70. The lowest BCUT2D eigenvalue weighted by Crippen LogP contribution is -1.86. The Morgan fingerprint density at radius 2 is 1.71 bits per heavy atom. The summed E-state index contributed by atoms with van der Waals surface area (Å²) in [5.41, 5.74) is 2.27. The van der Waals surface area contributed by atoms with Gasteiger partial charge in [0.1, 0.15) is 5.82 Å². The number of ether oxygens (including phenoxy) is 1. The maximum Gasteiger partial charge on any atom is 0.160 e. The molecule has 0 fully saturated rings. The first-order chi connectivity index (χ1) is 8.11. The molecule has 0 aliphatic heterocycles. The molecule has 0 aromatic heterocycles. The number of aromatic hydroxyl groups is 1. The Labute approximate surface area is 99.3 Å². The summed E-state index contributed by atoms with van der Waals surface area (Å²) in [6.07, 6.45) is 0. The highest BCUT2D eigenvalue weighted by molar-refractivity contribution is 5.67. The van der Waals surface area contributed by atoms with E-state index in [1.807, 2.05) is 6.07 Å². The number of hydrogen-bond acceptors (Lipinski definition) is 2. The molecule has 0 aliphatic rings. The van der Waals surface area contributed by atoms with Crippen molar-refractivity contribution in [1.29, 1.82) is 0 Å². The van der Waals surface area contributed by atoms with E-state index in [9.17, 15) is 9.50 Å². The van der Waals surface area contributed by atoms with Gasteiger partial charge in [0.05, 0.1) is 7.11 Å². The van der Waals surface area contributed by atoms with Gasteiger partial charge < -0.3 is 9.84 Å². The third-order valence-electron chi connectivity index (χ3n) is 2.67. The molecule has 0 unspecified atom stereocenters. The zero-order chi connectivity index (χ0) is 12.4. The van der Waals surface area contributed by atoms with Crippen molar-refractivity contribution in [2.24, 2.45) is 0 Å². The molecular formula is C14H13FO2. The molecule has 0 heterocycles. The molecule has 0 radical (unpaired) electrons. The summed E-state index contributed by atoms with van der Waals surface area (Å²) in [5.74, 6) is 0.269. The van der Waals surface area contributed by atoms with Crippen LogP contribution in [-0.2, 0) is 0 Å². The predicted molar refractivity (Wildman–Crippen MR) is 64.8 cm³/mol. The highest BCUT2D eigenvalue weighted by Crippen LogP contribution is 2.31. The van der Waals surface area contributed by atoms with Crippen LogP contribution in [0.5, 0.6) is 11.5 Å². The summed E-state index contributed by atoms with van der Waals surface area (Å²) < 4.78 is 18.1. The number of halogens is 1. The van der Waals surface area contributed by atoms with E-state index in [1.165, 1.54) is 13.2 Å². The second kappa shape index (κ2) is 4.45. The second-order valence-electron chi connectivity index (χ2n) is 3.85. The first kappa shape index (κ1) is 11.5. The average molecular weight is 232 g/mol. The molecule has 2 rings (SSSR count). The molecule has 0 spiro atoms. The van der Waals surface area contributed by atoms with Crippen molar-refractivity contribution in [3.05, 3.63) is 47.8 Å². The summed E-state index contributed by atoms with van der Waals surface area (Å²) in [5, 5.41) is 9.68. The average Bonchev–Trinajstić information content (AvgIpc) is 2.32. The standard InChI is InChI=1S/C14H13FO2/c1-9-7-10(3-5-12(9)15)11-4-6-14(17-2)13(16)8-11/h3-8,16H,1-2H3. The van der Waals surface area contributed by atoms with Crippen molar-refractivity contribution in [1.82, 2.24) is 0 Å². The SMILES string of the molecule is COc1ccc(-c2ccc(F)c(C)c2)cc1O. The molecule has 0 aliphatic carbocycles. The highest BCUT2D eigenvalue weighted by Gasteiger charge is 2.05. The maximum atomic E-state index is 13.1. The highest BCUT2D eigenvalue weighted by atomic mass is 19.1. The molecular weight excluding hydrogens is 219 g/mol. The van der Waals surface area contributed by atoms with Gasteiger partial charge in [-0.3, -0.25) is 0 Å². The summed E-state index contributed by atoms with van der Waals surface area (Å²) in [7, 11) is 1.50. The summed E-state index contributed by atoms with van der Waals surface area (Å²) in [6, 6.07) is 9.96. The van der Waals surface area contributed by atoms with Crippen molar-refractivity contribution < 1.29 is 14.2 Å². The zero-order valence-corrected chi connectivity index (χ0v) is 9.70. The van der Waals surface area contributed by atoms with Gasteiger partial charge in [0.25, 0.3) is 0 Å². The van der Waals surface area contributed by atoms with Gasteiger partial charge in [0.15, 0.2) is 11.5 Å². The van der Waals surface area contributed by atoms with Gasteiger partial charge in [-0.1, -0.05) is 12.1 Å². The largest absolute Gasteiger partial charge is 0.504 e. The molecule has 0 bridgehead atoms. The lowest BCUT2D eigenvalue weighted by atomic mass is 10.0. The fourth-order valence-electron chi connectivity index (χ4n) is 1.69. The van der Waals surface area contributed by atoms with Crippen LogP contribution in [0.25, 0.3) is 11.1 Å². The lowest BCUT2D eigenvalue weighted by Gasteiger charge is -2.07. The fraction of sp³-hybridized carbons (Fsp3) is 0.143. The molecule has 17 heavy (non-hydrogen) atoms. The third-order valence-corrected chi connectivity index (χ3v) is 2.67. The summed E-state index contributed by atoms with van der Waals surface area (Å²) >= 11 is 0. The Bertz CT molecular complexity index is 550. The number of hydrogen-bond donors (Lipinski definition) is 1. The topological polar surface area (TPSA) is 29.5 Å². The number of aryl methyl sites for hydroxylation is 1. The molecule has 88 valence electrons. The first-order valence-electron chi connectivity index (χ1n) is 5.25. The van der Waals surface area contributed by atoms with Crippen LogP contribution in [0.2, 0.25) is 0 Å². The molecule has 0 amide bonds. The smallest absolute Gasteiger partial charge is 0.160 e. The quantitative estimate of drug-likeness (QED) is 0.858. The van der Waals surface area contributed by atoms with Gasteiger partial charge in [-0.2, -0.15) is 0 Å². The number of phenols is 1. The van der Waals surface area contributed by atoms with Gasteiger partial charge in [0, 0.05) is 0 Å². The van der Waals surface area contributed by atoms with E-state index < -0.39 is 0 Å². The second-order valence-corrected chi connectivity index (χ2v) is 3.85. The van der Waals surface area contributed by atoms with Crippen LogP contribution in [0.3, 0.4) is 0 Å². The van der Waals surface area contributed by atoms with Crippen molar-refractivity contribution in [3.63, 3.8) is 0 Å². The molecule has 2 aromatic rings. The van der Waals surface area contributed by atoms with E-state index in [2.05, 4.69) is 0 Å². The lowest BCUT2D eigenvalue weighted by molar-refractivity contribution is 0.373. The Morgan fingerprint density at radius 3 is 2.29 bits per heavy atom. The van der Waals surface area contributed by atoms with Gasteiger partial charge in [-0.25, -0.2) is 4.39 Å². The van der Waals surface area contributed by atoms with E-state index in [0.29, 0.717) is 11.3 Å². The number of methoxy groups -OCH3 is 1. The molecule has 1 N–H and O–H groups in total. The Kier molecular flexibility index (Phi) is 3.00. The van der Waals surface area contributed by atoms with Gasteiger partial charge in [0.2, 0.25) is 0 Å². The maximum absolute atomic E-state index is 13.1. The van der Waals surface area contributed by atoms with Crippen LogP contribution < -0.4 is 4.74 Å². The van der Waals surface area contributed by atoms with Crippen LogP contribution in [0, 0.1) is 12.7 Å². The van der Waals surface area contributed by atoms with E-state index in [4.69, 9.17) is 4.74 Å². The third kappa shape index (κ3) is 2.23. The van der Waals surface area contributed by atoms with Gasteiger partial charge in [-0.15, -0.1) is 0 Å². The van der Waals surface area contributed by atoms with Crippen molar-refractivity contribution in [3.8, 4) is 22.6 Å². The minimum atomic E-state index is -0.230. The number of phenolic OH excluding ortho intramolecular Hbond substituents is 1. The normalized spacial score (nSPS) is 10.3. The van der Waals surface area contributed by atoms with E-state index in [1.54, 1.807) is 31.2 Å².